The molecule has 27 heavy (non-hydrogen) atoms. The molecule has 0 atom stereocenters. The lowest BCUT2D eigenvalue weighted by molar-refractivity contribution is -0.112. The predicted molar refractivity (Wildman–Crippen MR) is 106 cm³/mol. The molecule has 3 rings (SSSR count). The number of rotatable bonds is 6. The van der Waals surface area contributed by atoms with Crippen molar-refractivity contribution in [1.29, 1.82) is 5.26 Å². The molecule has 1 aromatic heterocycles. The third-order valence-electron chi connectivity index (χ3n) is 3.70. The number of thiazole rings is 1. The smallest absolute Gasteiger partial charge is 0.266 e. The first-order chi connectivity index (χ1) is 13.1. The Hall–Kier alpha value is -3.43. The second kappa shape index (κ2) is 8.79. The number of benzene rings is 2. The number of nitrogens with zero attached hydrogens (tertiary/aromatic N) is 2. The lowest BCUT2D eigenvalue weighted by Crippen LogP contribution is -2.13. The monoisotopic (exact) mass is 375 g/mol. The fourth-order valence-corrected chi connectivity index (χ4v) is 2.91. The summed E-state index contributed by atoms with van der Waals surface area (Å²) >= 11 is 1.52. The van der Waals surface area contributed by atoms with Gasteiger partial charge in [0.1, 0.15) is 24.0 Å². The molecule has 5 nitrogen and oxygen atoms in total. The van der Waals surface area contributed by atoms with Crippen molar-refractivity contribution in [2.75, 3.05) is 5.32 Å². The lowest BCUT2D eigenvalue weighted by atomic mass is 10.1. The lowest BCUT2D eigenvalue weighted by Gasteiger charge is -2.06. The highest BCUT2D eigenvalue weighted by atomic mass is 32.1. The number of carbonyl (C=O) groups excluding carboxylic acids is 1. The van der Waals surface area contributed by atoms with Crippen molar-refractivity contribution in [2.45, 2.75) is 13.5 Å². The maximum absolute atomic E-state index is 12.3. The number of nitrogens with one attached hydrogen (secondary N) is 1. The van der Waals surface area contributed by atoms with Gasteiger partial charge in [0.05, 0.1) is 11.2 Å². The second-order valence-corrected chi connectivity index (χ2v) is 6.55. The van der Waals surface area contributed by atoms with E-state index >= 15 is 0 Å². The average Bonchev–Trinajstić information content (AvgIpc) is 3.19. The van der Waals surface area contributed by atoms with Gasteiger partial charge in [-0.3, -0.25) is 4.79 Å². The molecular formula is C21H17N3O2S. The molecule has 1 N–H and O–H groups in total. The summed E-state index contributed by atoms with van der Waals surface area (Å²) in [6.45, 7) is 2.34. The summed E-state index contributed by atoms with van der Waals surface area (Å²) in [6, 6.07) is 16.6. The van der Waals surface area contributed by atoms with Crippen LogP contribution in [0.2, 0.25) is 0 Å². The van der Waals surface area contributed by atoms with Crippen molar-refractivity contribution in [2.24, 2.45) is 0 Å². The van der Waals surface area contributed by atoms with Crippen LogP contribution in [0.1, 0.15) is 16.8 Å². The molecule has 0 bridgehead atoms. The number of anilines is 1. The second-order valence-electron chi connectivity index (χ2n) is 5.83. The van der Waals surface area contributed by atoms with Crippen molar-refractivity contribution in [3.63, 3.8) is 0 Å². The van der Waals surface area contributed by atoms with E-state index in [-0.39, 0.29) is 5.57 Å². The normalized spacial score (nSPS) is 10.9. The largest absolute Gasteiger partial charge is 0.487 e. The molecule has 0 fully saturated rings. The van der Waals surface area contributed by atoms with E-state index in [2.05, 4.69) is 10.3 Å². The molecule has 0 saturated heterocycles. The Balaban J connectivity index is 1.66. The van der Waals surface area contributed by atoms with Crippen LogP contribution in [0.15, 0.2) is 65.0 Å². The first-order valence-electron chi connectivity index (χ1n) is 8.24. The zero-order valence-corrected chi connectivity index (χ0v) is 15.5. The van der Waals surface area contributed by atoms with Crippen LogP contribution < -0.4 is 10.1 Å². The molecule has 0 aliphatic rings. The predicted octanol–water partition coefficient (Wildman–Crippen LogP) is 4.58. The van der Waals surface area contributed by atoms with Gasteiger partial charge in [-0.2, -0.15) is 5.26 Å². The van der Waals surface area contributed by atoms with Crippen LogP contribution in [0.3, 0.4) is 0 Å². The Morgan fingerprint density at radius 3 is 2.78 bits per heavy atom. The number of carbonyl (C=O) groups is 1. The zero-order chi connectivity index (χ0) is 19.1. The minimum atomic E-state index is -0.438. The van der Waals surface area contributed by atoms with Gasteiger partial charge in [0, 0.05) is 11.1 Å². The van der Waals surface area contributed by atoms with Crippen LogP contribution in [0.25, 0.3) is 6.08 Å². The Kier molecular flexibility index (Phi) is 5.98. The van der Waals surface area contributed by atoms with Crippen LogP contribution in [-0.4, -0.2) is 10.9 Å². The van der Waals surface area contributed by atoms with Crippen molar-refractivity contribution < 1.29 is 9.53 Å². The molecule has 0 aliphatic heterocycles. The molecule has 0 aliphatic carbocycles. The SMILES string of the molecule is Cc1cccc(NC(=O)/C(C#N)=C/c2ccc(OCc3cscn3)cc2)c1. The highest BCUT2D eigenvalue weighted by Crippen LogP contribution is 2.17. The summed E-state index contributed by atoms with van der Waals surface area (Å²) in [5.74, 6) is 0.259. The molecule has 1 amide bonds. The number of amides is 1. The van der Waals surface area contributed by atoms with Crippen LogP contribution >= 0.6 is 11.3 Å². The molecule has 6 heteroatoms. The van der Waals surface area contributed by atoms with Crippen molar-refractivity contribution in [1.82, 2.24) is 4.98 Å². The first-order valence-corrected chi connectivity index (χ1v) is 9.18. The Labute approximate surface area is 161 Å². The van der Waals surface area contributed by atoms with E-state index in [1.54, 1.807) is 41.9 Å². The average molecular weight is 375 g/mol. The number of ether oxygens (including phenoxy) is 1. The maximum atomic E-state index is 12.3. The number of nitriles is 1. The fourth-order valence-electron chi connectivity index (χ4n) is 2.36. The molecule has 0 radical (unpaired) electrons. The van der Waals surface area contributed by atoms with Crippen LogP contribution in [0, 0.1) is 18.3 Å². The van der Waals surface area contributed by atoms with Gasteiger partial charge < -0.3 is 10.1 Å². The molecule has 0 spiro atoms. The Morgan fingerprint density at radius 1 is 1.30 bits per heavy atom. The van der Waals surface area contributed by atoms with Crippen molar-refractivity contribution in [3.8, 4) is 11.8 Å². The molecule has 3 aromatic rings. The summed E-state index contributed by atoms with van der Waals surface area (Å²) in [6.07, 6.45) is 1.55. The number of hydrogen-bond donors (Lipinski definition) is 1. The van der Waals surface area contributed by atoms with Crippen molar-refractivity contribution in [3.05, 3.63) is 81.8 Å². The molecule has 134 valence electrons. The standard InChI is InChI=1S/C21H17N3O2S/c1-15-3-2-4-18(9-15)24-21(25)17(11-22)10-16-5-7-20(8-6-16)26-12-19-13-27-14-23-19/h2-10,13-14H,12H2,1H3,(H,24,25)/b17-10+. The van der Waals surface area contributed by atoms with Gasteiger partial charge in [0.2, 0.25) is 0 Å². The van der Waals surface area contributed by atoms with E-state index in [1.807, 2.05) is 36.6 Å². The Bertz CT molecular complexity index is 987. The van der Waals surface area contributed by atoms with Gasteiger partial charge in [-0.1, -0.05) is 24.3 Å². The van der Waals surface area contributed by atoms with E-state index < -0.39 is 5.91 Å². The summed E-state index contributed by atoms with van der Waals surface area (Å²) in [7, 11) is 0. The van der Waals surface area contributed by atoms with Crippen LogP contribution in [0.4, 0.5) is 5.69 Å². The molecule has 0 saturated carbocycles. The summed E-state index contributed by atoms with van der Waals surface area (Å²) in [5, 5.41) is 14.0. The number of hydrogen-bond acceptors (Lipinski definition) is 5. The molecule has 0 unspecified atom stereocenters. The first kappa shape index (κ1) is 18.4. The Morgan fingerprint density at radius 2 is 2.11 bits per heavy atom. The van der Waals surface area contributed by atoms with Crippen LogP contribution in [0.5, 0.6) is 5.75 Å². The number of aryl methyl sites for hydroxylation is 1. The van der Waals surface area contributed by atoms with E-state index in [1.165, 1.54) is 11.3 Å². The zero-order valence-electron chi connectivity index (χ0n) is 14.7. The van der Waals surface area contributed by atoms with Gasteiger partial charge in [-0.15, -0.1) is 11.3 Å². The van der Waals surface area contributed by atoms with Gasteiger partial charge >= 0.3 is 0 Å². The number of aromatic nitrogens is 1. The molecule has 2 aromatic carbocycles. The van der Waals surface area contributed by atoms with Gasteiger partial charge in [0.15, 0.2) is 0 Å². The van der Waals surface area contributed by atoms with Crippen molar-refractivity contribution >= 4 is 29.0 Å². The topological polar surface area (TPSA) is 75.0 Å². The summed E-state index contributed by atoms with van der Waals surface area (Å²) in [4.78, 5) is 16.5. The van der Waals surface area contributed by atoms with E-state index in [0.29, 0.717) is 18.0 Å². The minimum absolute atomic E-state index is 0.0349. The van der Waals surface area contributed by atoms with Crippen LogP contribution in [-0.2, 0) is 11.4 Å². The van der Waals surface area contributed by atoms with Gasteiger partial charge in [-0.05, 0) is 48.4 Å². The minimum Gasteiger partial charge on any atom is -0.487 e. The van der Waals surface area contributed by atoms with Gasteiger partial charge in [0.25, 0.3) is 5.91 Å². The summed E-state index contributed by atoms with van der Waals surface area (Å²) in [5.41, 5.74) is 5.11. The molecular weight excluding hydrogens is 358 g/mol. The van der Waals surface area contributed by atoms with Gasteiger partial charge in [-0.25, -0.2) is 4.98 Å². The van der Waals surface area contributed by atoms with E-state index in [9.17, 15) is 10.1 Å². The quantitative estimate of drug-likeness (QED) is 0.506. The summed E-state index contributed by atoms with van der Waals surface area (Å²) < 4.78 is 5.65. The third-order valence-corrected chi connectivity index (χ3v) is 4.34. The fraction of sp³-hybridized carbons (Fsp3) is 0.0952. The van der Waals surface area contributed by atoms with E-state index in [0.717, 1.165) is 16.8 Å². The maximum Gasteiger partial charge on any atom is 0.266 e. The van der Waals surface area contributed by atoms with E-state index in [4.69, 9.17) is 4.74 Å². The molecule has 1 heterocycles. The highest BCUT2D eigenvalue weighted by Gasteiger charge is 2.09. The third kappa shape index (κ3) is 5.27. The highest BCUT2D eigenvalue weighted by molar-refractivity contribution is 7.07.